The summed E-state index contributed by atoms with van der Waals surface area (Å²) in [7, 11) is 0. The van der Waals surface area contributed by atoms with Gasteiger partial charge in [-0.15, -0.1) is 0 Å². The van der Waals surface area contributed by atoms with E-state index in [2.05, 4.69) is 17.8 Å². The summed E-state index contributed by atoms with van der Waals surface area (Å²) in [6.07, 6.45) is 5.54. The van der Waals surface area contributed by atoms with E-state index >= 15 is 0 Å². The van der Waals surface area contributed by atoms with E-state index in [0.717, 1.165) is 5.92 Å². The molecule has 60 valence electrons. The Hall–Kier alpha value is -0.0800. The second kappa shape index (κ2) is 4.69. The maximum Gasteiger partial charge on any atom is 0.0141 e. The molecule has 0 unspecified atom stereocenters. The fourth-order valence-corrected chi connectivity index (χ4v) is 1.39. The monoisotopic (exact) mass is 142 g/mol. The van der Waals surface area contributed by atoms with Crippen LogP contribution in [0.5, 0.6) is 0 Å². The first kappa shape index (κ1) is 8.02. The van der Waals surface area contributed by atoms with E-state index in [1.54, 1.807) is 0 Å². The Morgan fingerprint density at radius 2 is 1.90 bits per heavy atom. The molecule has 2 N–H and O–H groups in total. The Balaban J connectivity index is 1.91. The van der Waals surface area contributed by atoms with Gasteiger partial charge in [-0.25, -0.2) is 0 Å². The summed E-state index contributed by atoms with van der Waals surface area (Å²) >= 11 is 0. The normalized spacial score (nSPS) is 20.1. The quantitative estimate of drug-likeness (QED) is 0.578. The molecule has 0 aromatic rings. The highest BCUT2D eigenvalue weighted by Crippen LogP contribution is 2.09. The number of hydrazine groups is 1. The number of rotatable bonds is 4. The minimum absolute atomic E-state index is 0.895. The van der Waals surface area contributed by atoms with Crippen molar-refractivity contribution >= 4 is 0 Å². The predicted octanol–water partition coefficient (Wildman–Crippen LogP) is 1.29. The molecule has 0 aliphatic carbocycles. The smallest absolute Gasteiger partial charge is 0.0141 e. The fraction of sp³-hybridized carbons (Fsp3) is 1.00. The van der Waals surface area contributed by atoms with Crippen molar-refractivity contribution in [3.8, 4) is 0 Å². The van der Waals surface area contributed by atoms with Crippen molar-refractivity contribution in [1.29, 1.82) is 0 Å². The summed E-state index contributed by atoms with van der Waals surface area (Å²) in [4.78, 5) is 0. The molecular weight excluding hydrogens is 124 g/mol. The Morgan fingerprint density at radius 3 is 2.50 bits per heavy atom. The molecule has 2 nitrogen and oxygen atoms in total. The van der Waals surface area contributed by atoms with Crippen LogP contribution in [0.3, 0.4) is 0 Å². The molecule has 1 fully saturated rings. The fourth-order valence-electron chi connectivity index (χ4n) is 1.39. The Labute approximate surface area is 63.4 Å². The topological polar surface area (TPSA) is 24.1 Å². The molecule has 0 aromatic heterocycles. The maximum absolute atomic E-state index is 3.15. The largest absolute Gasteiger partial charge is 0.258 e. The van der Waals surface area contributed by atoms with Crippen LogP contribution in [0.2, 0.25) is 0 Å². The molecule has 2 heteroatoms. The third-order valence-electron chi connectivity index (χ3n) is 2.12. The molecule has 0 aromatic carbocycles. The lowest BCUT2D eigenvalue weighted by Gasteiger charge is -2.04. The molecule has 0 radical (unpaired) electrons. The van der Waals surface area contributed by atoms with E-state index in [-0.39, 0.29) is 0 Å². The average molecular weight is 142 g/mol. The van der Waals surface area contributed by atoms with Crippen molar-refractivity contribution in [3.05, 3.63) is 0 Å². The Morgan fingerprint density at radius 1 is 1.20 bits per heavy atom. The second-order valence-electron chi connectivity index (χ2n) is 3.12. The highest BCUT2D eigenvalue weighted by Gasteiger charge is 2.12. The Bertz CT molecular complexity index is 77.3. The third kappa shape index (κ3) is 2.67. The SMILES string of the molecule is CCCCCC1CNNC1. The molecule has 0 saturated carbocycles. The van der Waals surface area contributed by atoms with Crippen LogP contribution >= 0.6 is 0 Å². The first-order chi connectivity index (χ1) is 4.93. The summed E-state index contributed by atoms with van der Waals surface area (Å²) in [5, 5.41) is 0. The lowest BCUT2D eigenvalue weighted by atomic mass is 10.0. The van der Waals surface area contributed by atoms with Crippen LogP contribution < -0.4 is 10.9 Å². The van der Waals surface area contributed by atoms with Crippen LogP contribution in [-0.4, -0.2) is 13.1 Å². The zero-order valence-electron chi connectivity index (χ0n) is 6.82. The van der Waals surface area contributed by atoms with Crippen LogP contribution in [0.25, 0.3) is 0 Å². The molecule has 0 atom stereocenters. The Kier molecular flexibility index (Phi) is 3.76. The van der Waals surface area contributed by atoms with Gasteiger partial charge in [0.25, 0.3) is 0 Å². The predicted molar refractivity (Wildman–Crippen MR) is 43.6 cm³/mol. The minimum Gasteiger partial charge on any atom is -0.258 e. The summed E-state index contributed by atoms with van der Waals surface area (Å²) in [6.45, 7) is 4.60. The highest BCUT2D eigenvalue weighted by atomic mass is 15.4. The second-order valence-corrected chi connectivity index (χ2v) is 3.12. The first-order valence-corrected chi connectivity index (χ1v) is 4.39. The summed E-state index contributed by atoms with van der Waals surface area (Å²) in [5.41, 5.74) is 6.30. The average Bonchev–Trinajstić information content (AvgIpc) is 2.41. The van der Waals surface area contributed by atoms with E-state index in [1.165, 1.54) is 38.8 Å². The van der Waals surface area contributed by atoms with E-state index in [0.29, 0.717) is 0 Å². The number of hydrogen-bond donors (Lipinski definition) is 2. The maximum atomic E-state index is 3.15. The summed E-state index contributed by atoms with van der Waals surface area (Å²) in [5.74, 6) is 0.895. The van der Waals surface area contributed by atoms with Gasteiger partial charge in [0.15, 0.2) is 0 Å². The molecule has 0 bridgehead atoms. The zero-order valence-corrected chi connectivity index (χ0v) is 6.82. The van der Waals surface area contributed by atoms with Crippen molar-refractivity contribution in [2.75, 3.05) is 13.1 Å². The van der Waals surface area contributed by atoms with Crippen molar-refractivity contribution in [2.24, 2.45) is 5.92 Å². The number of hydrogen-bond acceptors (Lipinski definition) is 2. The van der Waals surface area contributed by atoms with Crippen molar-refractivity contribution in [3.63, 3.8) is 0 Å². The van der Waals surface area contributed by atoms with Gasteiger partial charge in [0.05, 0.1) is 0 Å². The number of nitrogens with one attached hydrogen (secondary N) is 2. The standard InChI is InChI=1S/C8H18N2/c1-2-3-4-5-8-6-9-10-7-8/h8-10H,2-7H2,1H3. The van der Waals surface area contributed by atoms with Gasteiger partial charge in [0, 0.05) is 13.1 Å². The lowest BCUT2D eigenvalue weighted by Crippen LogP contribution is -2.21. The van der Waals surface area contributed by atoms with Crippen LogP contribution in [0.4, 0.5) is 0 Å². The van der Waals surface area contributed by atoms with Crippen molar-refractivity contribution in [1.82, 2.24) is 10.9 Å². The molecule has 0 spiro atoms. The zero-order chi connectivity index (χ0) is 7.23. The van der Waals surface area contributed by atoms with Gasteiger partial charge in [-0.2, -0.15) is 0 Å². The lowest BCUT2D eigenvalue weighted by molar-refractivity contribution is 0.513. The van der Waals surface area contributed by atoms with E-state index in [9.17, 15) is 0 Å². The highest BCUT2D eigenvalue weighted by molar-refractivity contribution is 4.68. The summed E-state index contributed by atoms with van der Waals surface area (Å²) in [6, 6.07) is 0. The van der Waals surface area contributed by atoms with Crippen LogP contribution in [0, 0.1) is 5.92 Å². The molecular formula is C8H18N2. The third-order valence-corrected chi connectivity index (χ3v) is 2.12. The minimum atomic E-state index is 0.895. The van der Waals surface area contributed by atoms with Crippen molar-refractivity contribution in [2.45, 2.75) is 32.6 Å². The van der Waals surface area contributed by atoms with Crippen LogP contribution in [0.1, 0.15) is 32.6 Å². The van der Waals surface area contributed by atoms with E-state index in [4.69, 9.17) is 0 Å². The molecule has 1 rings (SSSR count). The van der Waals surface area contributed by atoms with Gasteiger partial charge < -0.3 is 0 Å². The van der Waals surface area contributed by atoms with Gasteiger partial charge in [-0.1, -0.05) is 26.2 Å². The van der Waals surface area contributed by atoms with E-state index < -0.39 is 0 Å². The van der Waals surface area contributed by atoms with Gasteiger partial charge in [0.1, 0.15) is 0 Å². The molecule has 1 saturated heterocycles. The van der Waals surface area contributed by atoms with Gasteiger partial charge in [0.2, 0.25) is 0 Å². The summed E-state index contributed by atoms with van der Waals surface area (Å²) < 4.78 is 0. The van der Waals surface area contributed by atoms with Crippen LogP contribution in [0.15, 0.2) is 0 Å². The molecule has 1 aliphatic rings. The van der Waals surface area contributed by atoms with Gasteiger partial charge in [-0.3, -0.25) is 10.9 Å². The van der Waals surface area contributed by atoms with Crippen LogP contribution in [-0.2, 0) is 0 Å². The van der Waals surface area contributed by atoms with Gasteiger partial charge in [-0.05, 0) is 12.3 Å². The molecule has 0 amide bonds. The van der Waals surface area contributed by atoms with Crippen molar-refractivity contribution < 1.29 is 0 Å². The van der Waals surface area contributed by atoms with Gasteiger partial charge >= 0.3 is 0 Å². The molecule has 10 heavy (non-hydrogen) atoms. The van der Waals surface area contributed by atoms with E-state index in [1.807, 2.05) is 0 Å². The first-order valence-electron chi connectivity index (χ1n) is 4.39. The molecule has 1 heterocycles. The molecule has 1 aliphatic heterocycles. The number of unbranched alkanes of at least 4 members (excludes halogenated alkanes) is 2.